The molecule has 0 heterocycles. The van der Waals surface area contributed by atoms with Crippen LogP contribution < -0.4 is 9.47 Å². The number of hydrogen-bond acceptors (Lipinski definition) is 3. The molecule has 0 aliphatic rings. The Morgan fingerprint density at radius 2 is 1.95 bits per heavy atom. The summed E-state index contributed by atoms with van der Waals surface area (Å²) >= 11 is 0. The number of carbonyl (C=O) groups is 1. The Kier molecular flexibility index (Phi) is 6.05. The number of rotatable bonds is 7. The Labute approximate surface area is 122 Å². The fourth-order valence-corrected chi connectivity index (χ4v) is 1.98. The molecule has 0 amide bonds. The standard InChI is InChI=1S/C17H26O3/c1-6-13(18)8-7-11-20-16-10-9-14(19-5)12-15(16)17(2,3)4/h9-10,12H,6-8,11H2,1-5H3. The van der Waals surface area contributed by atoms with E-state index in [4.69, 9.17) is 9.47 Å². The van der Waals surface area contributed by atoms with Gasteiger partial charge in [-0.3, -0.25) is 4.79 Å². The first-order valence-corrected chi connectivity index (χ1v) is 7.21. The number of carbonyl (C=O) groups excluding carboxylic acids is 1. The highest BCUT2D eigenvalue weighted by Crippen LogP contribution is 2.34. The predicted octanol–water partition coefficient (Wildman–Crippen LogP) is 4.13. The van der Waals surface area contributed by atoms with E-state index in [9.17, 15) is 4.79 Å². The van der Waals surface area contributed by atoms with E-state index >= 15 is 0 Å². The zero-order valence-corrected chi connectivity index (χ0v) is 13.3. The molecule has 0 bridgehead atoms. The summed E-state index contributed by atoms with van der Waals surface area (Å²) in [5.74, 6) is 2.00. The van der Waals surface area contributed by atoms with Gasteiger partial charge in [0.15, 0.2) is 0 Å². The zero-order chi connectivity index (χ0) is 15.2. The molecule has 0 N–H and O–H groups in total. The molecule has 112 valence electrons. The lowest BCUT2D eigenvalue weighted by Crippen LogP contribution is -2.14. The highest BCUT2D eigenvalue weighted by atomic mass is 16.5. The third-order valence-electron chi connectivity index (χ3n) is 3.25. The Morgan fingerprint density at radius 3 is 2.50 bits per heavy atom. The third-order valence-corrected chi connectivity index (χ3v) is 3.25. The molecule has 0 unspecified atom stereocenters. The van der Waals surface area contributed by atoms with E-state index < -0.39 is 0 Å². The minimum absolute atomic E-state index is 0.0108. The van der Waals surface area contributed by atoms with Crippen LogP contribution in [0.5, 0.6) is 11.5 Å². The van der Waals surface area contributed by atoms with Gasteiger partial charge in [0.05, 0.1) is 13.7 Å². The van der Waals surface area contributed by atoms with Crippen molar-refractivity contribution in [2.75, 3.05) is 13.7 Å². The smallest absolute Gasteiger partial charge is 0.132 e. The molecule has 0 fully saturated rings. The number of ether oxygens (including phenoxy) is 2. The second-order valence-electron chi connectivity index (χ2n) is 5.96. The van der Waals surface area contributed by atoms with Gasteiger partial charge in [-0.2, -0.15) is 0 Å². The number of methoxy groups -OCH3 is 1. The van der Waals surface area contributed by atoms with Gasteiger partial charge in [-0.05, 0) is 30.0 Å². The largest absolute Gasteiger partial charge is 0.497 e. The summed E-state index contributed by atoms with van der Waals surface area (Å²) in [5, 5.41) is 0. The maximum atomic E-state index is 11.3. The lowest BCUT2D eigenvalue weighted by atomic mass is 9.86. The maximum Gasteiger partial charge on any atom is 0.132 e. The number of ketones is 1. The minimum Gasteiger partial charge on any atom is -0.497 e. The molecule has 20 heavy (non-hydrogen) atoms. The van der Waals surface area contributed by atoms with Crippen molar-refractivity contribution in [1.29, 1.82) is 0 Å². The van der Waals surface area contributed by atoms with Crippen LogP contribution in [0.4, 0.5) is 0 Å². The van der Waals surface area contributed by atoms with Gasteiger partial charge in [0.1, 0.15) is 17.3 Å². The van der Waals surface area contributed by atoms with Crippen molar-refractivity contribution >= 4 is 5.78 Å². The molecule has 0 aliphatic heterocycles. The summed E-state index contributed by atoms with van der Waals surface area (Å²) in [6.07, 6.45) is 1.97. The second kappa shape index (κ2) is 7.32. The fraction of sp³-hybridized carbons (Fsp3) is 0.588. The van der Waals surface area contributed by atoms with Crippen molar-refractivity contribution in [3.8, 4) is 11.5 Å². The van der Waals surface area contributed by atoms with E-state index in [1.165, 1.54) is 0 Å². The molecule has 3 heteroatoms. The molecule has 0 atom stereocenters. The van der Waals surface area contributed by atoms with Crippen molar-refractivity contribution in [2.45, 2.75) is 52.4 Å². The Balaban J connectivity index is 2.72. The van der Waals surface area contributed by atoms with E-state index in [0.29, 0.717) is 25.2 Å². The molecule has 1 rings (SSSR count). The third kappa shape index (κ3) is 4.87. The molecule has 0 aromatic heterocycles. The van der Waals surface area contributed by atoms with E-state index in [0.717, 1.165) is 23.5 Å². The van der Waals surface area contributed by atoms with Gasteiger partial charge in [-0.15, -0.1) is 0 Å². The molecule has 0 aliphatic carbocycles. The Hall–Kier alpha value is -1.51. The summed E-state index contributed by atoms with van der Waals surface area (Å²) in [7, 11) is 1.67. The van der Waals surface area contributed by atoms with Gasteiger partial charge in [-0.1, -0.05) is 27.7 Å². The molecular weight excluding hydrogens is 252 g/mol. The second-order valence-corrected chi connectivity index (χ2v) is 5.96. The van der Waals surface area contributed by atoms with E-state index in [2.05, 4.69) is 20.8 Å². The van der Waals surface area contributed by atoms with E-state index in [1.807, 2.05) is 25.1 Å². The van der Waals surface area contributed by atoms with Crippen molar-refractivity contribution < 1.29 is 14.3 Å². The van der Waals surface area contributed by atoms with Gasteiger partial charge in [0.2, 0.25) is 0 Å². The average molecular weight is 278 g/mol. The van der Waals surface area contributed by atoms with Gasteiger partial charge < -0.3 is 9.47 Å². The van der Waals surface area contributed by atoms with Gasteiger partial charge in [-0.25, -0.2) is 0 Å². The number of benzene rings is 1. The topological polar surface area (TPSA) is 35.5 Å². The van der Waals surface area contributed by atoms with Crippen LogP contribution in [0.2, 0.25) is 0 Å². The molecule has 0 saturated carbocycles. The van der Waals surface area contributed by atoms with Gasteiger partial charge in [0.25, 0.3) is 0 Å². The summed E-state index contributed by atoms with van der Waals surface area (Å²) in [4.78, 5) is 11.3. The number of hydrogen-bond donors (Lipinski definition) is 0. The average Bonchev–Trinajstić information content (AvgIpc) is 2.42. The van der Waals surface area contributed by atoms with Crippen LogP contribution in [0, 0.1) is 0 Å². The lowest BCUT2D eigenvalue weighted by molar-refractivity contribution is -0.118. The van der Waals surface area contributed by atoms with Crippen molar-refractivity contribution in [2.24, 2.45) is 0 Å². The van der Waals surface area contributed by atoms with Crippen LogP contribution in [-0.4, -0.2) is 19.5 Å². The first-order valence-electron chi connectivity index (χ1n) is 7.21. The van der Waals surface area contributed by atoms with Crippen molar-refractivity contribution in [3.05, 3.63) is 23.8 Å². The number of Topliss-reactive ketones (excluding diaryl/α,β-unsaturated/α-hetero) is 1. The predicted molar refractivity (Wildman–Crippen MR) is 81.7 cm³/mol. The van der Waals surface area contributed by atoms with E-state index in [1.54, 1.807) is 7.11 Å². The van der Waals surface area contributed by atoms with Crippen LogP contribution in [0.3, 0.4) is 0 Å². The van der Waals surface area contributed by atoms with Crippen LogP contribution in [0.25, 0.3) is 0 Å². The summed E-state index contributed by atoms with van der Waals surface area (Å²) in [5.41, 5.74) is 1.11. The summed E-state index contributed by atoms with van der Waals surface area (Å²) in [6, 6.07) is 5.87. The van der Waals surface area contributed by atoms with Crippen LogP contribution in [-0.2, 0) is 10.2 Å². The first-order chi connectivity index (χ1) is 9.38. The molecule has 0 spiro atoms. The first kappa shape index (κ1) is 16.5. The van der Waals surface area contributed by atoms with Crippen molar-refractivity contribution in [1.82, 2.24) is 0 Å². The zero-order valence-electron chi connectivity index (χ0n) is 13.3. The monoisotopic (exact) mass is 278 g/mol. The molecule has 1 aromatic rings. The molecule has 0 saturated heterocycles. The van der Waals surface area contributed by atoms with Gasteiger partial charge >= 0.3 is 0 Å². The van der Waals surface area contributed by atoms with Gasteiger partial charge in [0, 0.05) is 18.4 Å². The Bertz CT molecular complexity index is 444. The highest BCUT2D eigenvalue weighted by Gasteiger charge is 2.20. The highest BCUT2D eigenvalue weighted by molar-refractivity contribution is 5.77. The van der Waals surface area contributed by atoms with Crippen molar-refractivity contribution in [3.63, 3.8) is 0 Å². The SMILES string of the molecule is CCC(=O)CCCOc1ccc(OC)cc1C(C)(C)C. The molecular formula is C17H26O3. The fourth-order valence-electron chi connectivity index (χ4n) is 1.98. The van der Waals surface area contributed by atoms with Crippen LogP contribution in [0.1, 0.15) is 52.5 Å². The summed E-state index contributed by atoms with van der Waals surface area (Å²) < 4.78 is 11.1. The molecule has 1 aromatic carbocycles. The maximum absolute atomic E-state index is 11.3. The van der Waals surface area contributed by atoms with E-state index in [-0.39, 0.29) is 5.41 Å². The molecule has 3 nitrogen and oxygen atoms in total. The Morgan fingerprint density at radius 1 is 1.25 bits per heavy atom. The minimum atomic E-state index is -0.0108. The quantitative estimate of drug-likeness (QED) is 0.703. The lowest BCUT2D eigenvalue weighted by Gasteiger charge is -2.23. The molecule has 0 radical (unpaired) electrons. The summed E-state index contributed by atoms with van der Waals surface area (Å²) in [6.45, 7) is 8.91. The normalized spacial score (nSPS) is 11.2. The van der Waals surface area contributed by atoms with Crippen LogP contribution >= 0.6 is 0 Å². The van der Waals surface area contributed by atoms with Crippen LogP contribution in [0.15, 0.2) is 18.2 Å².